The van der Waals surface area contributed by atoms with Gasteiger partial charge in [-0.3, -0.25) is 4.79 Å². The van der Waals surface area contributed by atoms with Gasteiger partial charge in [-0.05, 0) is 42.8 Å². The lowest BCUT2D eigenvalue weighted by Crippen LogP contribution is -2.26. The number of fused-ring (bicyclic) bond motifs is 1. The zero-order valence-corrected chi connectivity index (χ0v) is 12.7. The zero-order valence-electron chi connectivity index (χ0n) is 12.7. The molecule has 1 heterocycles. The molecule has 1 atom stereocenters. The van der Waals surface area contributed by atoms with Crippen molar-refractivity contribution in [2.75, 3.05) is 6.79 Å². The zero-order chi connectivity index (χ0) is 17.3. The molecule has 4 nitrogen and oxygen atoms in total. The van der Waals surface area contributed by atoms with Crippen LogP contribution in [0.5, 0.6) is 11.5 Å². The second-order valence-corrected chi connectivity index (χ2v) is 5.39. The van der Waals surface area contributed by atoms with E-state index in [0.29, 0.717) is 11.5 Å². The van der Waals surface area contributed by atoms with Crippen LogP contribution in [0, 0.1) is 0 Å². The molecule has 1 aliphatic rings. The number of alkyl halides is 3. The van der Waals surface area contributed by atoms with E-state index >= 15 is 0 Å². The molecule has 0 bridgehead atoms. The molecule has 7 heteroatoms. The normalized spacial score (nSPS) is 14.3. The van der Waals surface area contributed by atoms with Gasteiger partial charge in [0.15, 0.2) is 11.5 Å². The number of carbonyl (C=O) groups excluding carboxylic acids is 1. The van der Waals surface area contributed by atoms with Crippen molar-refractivity contribution in [1.82, 2.24) is 5.32 Å². The molecule has 0 unspecified atom stereocenters. The molecule has 1 amide bonds. The number of benzene rings is 2. The Morgan fingerprint density at radius 3 is 2.62 bits per heavy atom. The lowest BCUT2D eigenvalue weighted by Gasteiger charge is -2.15. The van der Waals surface area contributed by atoms with Gasteiger partial charge >= 0.3 is 6.18 Å². The van der Waals surface area contributed by atoms with E-state index in [-0.39, 0.29) is 12.4 Å². The summed E-state index contributed by atoms with van der Waals surface area (Å²) in [6.07, 6.45) is -4.49. The Morgan fingerprint density at radius 2 is 1.88 bits per heavy atom. The first-order valence-corrected chi connectivity index (χ1v) is 7.22. The number of rotatable bonds is 3. The number of ether oxygens (including phenoxy) is 2. The largest absolute Gasteiger partial charge is 0.454 e. The quantitative estimate of drug-likeness (QED) is 0.923. The van der Waals surface area contributed by atoms with Crippen molar-refractivity contribution in [3.8, 4) is 11.5 Å². The van der Waals surface area contributed by atoms with E-state index in [2.05, 4.69) is 5.32 Å². The first-order chi connectivity index (χ1) is 11.3. The minimum atomic E-state index is -4.49. The third kappa shape index (κ3) is 3.29. The van der Waals surface area contributed by atoms with Gasteiger partial charge in [-0.1, -0.05) is 12.1 Å². The molecule has 0 aromatic heterocycles. The molecular formula is C17H14F3NO3. The molecule has 2 aromatic carbocycles. The maximum absolute atomic E-state index is 12.7. The average molecular weight is 337 g/mol. The monoisotopic (exact) mass is 337 g/mol. The van der Waals surface area contributed by atoms with E-state index in [0.717, 1.165) is 17.7 Å². The molecule has 0 radical (unpaired) electrons. The maximum atomic E-state index is 12.7. The number of carbonyl (C=O) groups is 1. The molecule has 1 aliphatic heterocycles. The van der Waals surface area contributed by atoms with Crippen molar-refractivity contribution >= 4 is 5.91 Å². The van der Waals surface area contributed by atoms with Gasteiger partial charge in [-0.25, -0.2) is 0 Å². The van der Waals surface area contributed by atoms with Crippen LogP contribution in [0.2, 0.25) is 0 Å². The predicted molar refractivity (Wildman–Crippen MR) is 79.9 cm³/mol. The number of hydrogen-bond acceptors (Lipinski definition) is 3. The number of hydrogen-bond donors (Lipinski definition) is 1. The third-order valence-electron chi connectivity index (χ3n) is 3.70. The van der Waals surface area contributed by atoms with Crippen LogP contribution in [-0.4, -0.2) is 12.7 Å². The maximum Gasteiger partial charge on any atom is 0.416 e. The van der Waals surface area contributed by atoms with E-state index in [1.165, 1.54) is 12.1 Å². The third-order valence-corrected chi connectivity index (χ3v) is 3.70. The van der Waals surface area contributed by atoms with Crippen LogP contribution in [0.1, 0.15) is 34.5 Å². The van der Waals surface area contributed by atoms with Gasteiger partial charge in [0.05, 0.1) is 11.6 Å². The Bertz CT molecular complexity index is 774. The van der Waals surface area contributed by atoms with Crippen molar-refractivity contribution in [3.63, 3.8) is 0 Å². The molecule has 0 aliphatic carbocycles. The van der Waals surface area contributed by atoms with E-state index in [4.69, 9.17) is 9.47 Å². The lowest BCUT2D eigenvalue weighted by atomic mass is 10.1. The standard InChI is InChI=1S/C17H14F3NO3/c1-10(11-5-6-14-15(8-11)24-9-23-14)21-16(22)12-3-2-4-13(7-12)17(18,19)20/h2-8,10H,9H2,1H3,(H,21,22)/t10-/m0/s1. The molecule has 0 saturated carbocycles. The molecule has 1 N–H and O–H groups in total. The molecule has 24 heavy (non-hydrogen) atoms. The summed E-state index contributed by atoms with van der Waals surface area (Å²) in [6, 6.07) is 9.15. The van der Waals surface area contributed by atoms with Crippen molar-refractivity contribution in [2.45, 2.75) is 19.1 Å². The fraction of sp³-hybridized carbons (Fsp3) is 0.235. The average Bonchev–Trinajstić information content (AvgIpc) is 3.01. The van der Waals surface area contributed by atoms with Crippen LogP contribution in [-0.2, 0) is 6.18 Å². The highest BCUT2D eigenvalue weighted by Gasteiger charge is 2.31. The highest BCUT2D eigenvalue weighted by molar-refractivity contribution is 5.94. The highest BCUT2D eigenvalue weighted by atomic mass is 19.4. The summed E-state index contributed by atoms with van der Waals surface area (Å²) in [5.74, 6) is 0.620. The van der Waals surface area contributed by atoms with E-state index in [1.54, 1.807) is 25.1 Å². The van der Waals surface area contributed by atoms with Crippen LogP contribution in [0.3, 0.4) is 0 Å². The van der Waals surface area contributed by atoms with Crippen LogP contribution >= 0.6 is 0 Å². The molecule has 0 fully saturated rings. The van der Waals surface area contributed by atoms with E-state index in [9.17, 15) is 18.0 Å². The highest BCUT2D eigenvalue weighted by Crippen LogP contribution is 2.34. The van der Waals surface area contributed by atoms with Crippen LogP contribution in [0.15, 0.2) is 42.5 Å². The minimum absolute atomic E-state index is 0.0441. The summed E-state index contributed by atoms with van der Waals surface area (Å²) in [4.78, 5) is 12.2. The molecule has 0 spiro atoms. The second kappa shape index (κ2) is 6.07. The number of nitrogens with one attached hydrogen (secondary N) is 1. The van der Waals surface area contributed by atoms with E-state index in [1.807, 2.05) is 0 Å². The van der Waals surface area contributed by atoms with Crippen molar-refractivity contribution in [2.24, 2.45) is 0 Å². The first-order valence-electron chi connectivity index (χ1n) is 7.22. The summed E-state index contributed by atoms with van der Waals surface area (Å²) >= 11 is 0. The second-order valence-electron chi connectivity index (χ2n) is 5.39. The van der Waals surface area contributed by atoms with E-state index < -0.39 is 23.7 Å². The first kappa shape index (κ1) is 16.2. The SMILES string of the molecule is C[C@H](NC(=O)c1cccc(C(F)(F)F)c1)c1ccc2c(c1)OCO2. The fourth-order valence-corrected chi connectivity index (χ4v) is 2.38. The summed E-state index contributed by atoms with van der Waals surface area (Å²) in [5.41, 5.74) is -0.136. The Labute approximate surface area is 136 Å². The molecular weight excluding hydrogens is 323 g/mol. The number of halogens is 3. The molecule has 0 saturated heterocycles. The number of amides is 1. The molecule has 126 valence electrons. The Kier molecular flexibility index (Phi) is 4.09. The van der Waals surface area contributed by atoms with Gasteiger partial charge < -0.3 is 14.8 Å². The van der Waals surface area contributed by atoms with Gasteiger partial charge in [0.1, 0.15) is 0 Å². The topological polar surface area (TPSA) is 47.6 Å². The Balaban J connectivity index is 1.75. The van der Waals surface area contributed by atoms with Crippen molar-refractivity contribution in [1.29, 1.82) is 0 Å². The van der Waals surface area contributed by atoms with Gasteiger partial charge in [0.25, 0.3) is 5.91 Å². The van der Waals surface area contributed by atoms with Crippen molar-refractivity contribution < 1.29 is 27.4 Å². The summed E-state index contributed by atoms with van der Waals surface area (Å²) in [5, 5.41) is 2.68. The predicted octanol–water partition coefficient (Wildman–Crippen LogP) is 3.93. The molecule has 2 aromatic rings. The summed E-state index contributed by atoms with van der Waals surface area (Å²) < 4.78 is 48.7. The lowest BCUT2D eigenvalue weighted by molar-refractivity contribution is -0.137. The summed E-state index contributed by atoms with van der Waals surface area (Å²) in [7, 11) is 0. The van der Waals surface area contributed by atoms with Crippen LogP contribution < -0.4 is 14.8 Å². The minimum Gasteiger partial charge on any atom is -0.454 e. The van der Waals surface area contributed by atoms with Crippen LogP contribution in [0.4, 0.5) is 13.2 Å². The Hall–Kier alpha value is -2.70. The fourth-order valence-electron chi connectivity index (χ4n) is 2.38. The van der Waals surface area contributed by atoms with Gasteiger partial charge in [-0.15, -0.1) is 0 Å². The molecule has 3 rings (SSSR count). The Morgan fingerprint density at radius 1 is 1.12 bits per heavy atom. The smallest absolute Gasteiger partial charge is 0.416 e. The van der Waals surface area contributed by atoms with Gasteiger partial charge in [0.2, 0.25) is 6.79 Å². The van der Waals surface area contributed by atoms with Crippen molar-refractivity contribution in [3.05, 3.63) is 59.2 Å². The summed E-state index contributed by atoms with van der Waals surface area (Å²) in [6.45, 7) is 1.88. The van der Waals surface area contributed by atoms with Crippen LogP contribution in [0.25, 0.3) is 0 Å². The van der Waals surface area contributed by atoms with Gasteiger partial charge in [0, 0.05) is 5.56 Å². The van der Waals surface area contributed by atoms with Gasteiger partial charge in [-0.2, -0.15) is 13.2 Å².